The molecule has 1 heterocycles. The van der Waals surface area contributed by atoms with Crippen LogP contribution in [0.1, 0.15) is 13.8 Å². The van der Waals surface area contributed by atoms with Crippen molar-refractivity contribution in [1.29, 1.82) is 0 Å². The van der Waals surface area contributed by atoms with Gasteiger partial charge in [-0.3, -0.25) is 10.1 Å². The minimum atomic E-state index is 0.0498. The zero-order chi connectivity index (χ0) is 9.84. The van der Waals surface area contributed by atoms with Gasteiger partial charge in [-0.2, -0.15) is 0 Å². The average Bonchev–Trinajstić information content (AvgIpc) is 2.53. The van der Waals surface area contributed by atoms with E-state index in [0.717, 1.165) is 18.2 Å². The smallest absolute Gasteiger partial charge is 0.240 e. The number of hydrogen-bond acceptors (Lipinski definition) is 3. The monoisotopic (exact) mass is 202 g/mol. The Bertz CT molecular complexity index is 178. The van der Waals surface area contributed by atoms with Gasteiger partial charge in [0.15, 0.2) is 0 Å². The molecule has 0 bridgehead atoms. The van der Waals surface area contributed by atoms with Crippen LogP contribution < -0.4 is 5.32 Å². The number of likely N-dealkylation sites (N-methyl/N-ethyl adjacent to an activating group) is 1. The molecule has 1 fully saturated rings. The van der Waals surface area contributed by atoms with Crippen molar-refractivity contribution in [2.24, 2.45) is 5.92 Å². The first-order valence-corrected chi connectivity index (χ1v) is 5.83. The summed E-state index contributed by atoms with van der Waals surface area (Å²) in [5, 5.41) is 3.18. The maximum absolute atomic E-state index is 11.7. The van der Waals surface area contributed by atoms with E-state index in [1.165, 1.54) is 0 Å². The van der Waals surface area contributed by atoms with Crippen molar-refractivity contribution >= 4 is 17.7 Å². The van der Waals surface area contributed by atoms with E-state index in [1.807, 2.05) is 11.9 Å². The molecule has 1 N–H and O–H groups in total. The SMILES string of the molecule is CC(C)CN(C)C(=O)C1CSCN1. The van der Waals surface area contributed by atoms with E-state index in [2.05, 4.69) is 19.2 Å². The normalized spacial score (nSPS) is 22.3. The summed E-state index contributed by atoms with van der Waals surface area (Å²) in [6, 6.07) is 0.0498. The minimum Gasteiger partial charge on any atom is -0.344 e. The van der Waals surface area contributed by atoms with Crippen LogP contribution in [0.2, 0.25) is 0 Å². The van der Waals surface area contributed by atoms with Gasteiger partial charge in [0.05, 0.1) is 6.04 Å². The Morgan fingerprint density at radius 2 is 2.38 bits per heavy atom. The van der Waals surface area contributed by atoms with Crippen molar-refractivity contribution < 1.29 is 4.79 Å². The van der Waals surface area contributed by atoms with E-state index in [4.69, 9.17) is 0 Å². The highest BCUT2D eigenvalue weighted by atomic mass is 32.2. The second-order valence-electron chi connectivity index (χ2n) is 3.88. The fourth-order valence-corrected chi connectivity index (χ4v) is 2.39. The lowest BCUT2D eigenvalue weighted by Crippen LogP contribution is -2.44. The summed E-state index contributed by atoms with van der Waals surface area (Å²) >= 11 is 1.79. The largest absolute Gasteiger partial charge is 0.344 e. The van der Waals surface area contributed by atoms with E-state index in [9.17, 15) is 4.79 Å². The molecule has 4 heteroatoms. The van der Waals surface area contributed by atoms with Gasteiger partial charge in [0.25, 0.3) is 0 Å². The molecule has 0 saturated carbocycles. The molecule has 1 aliphatic rings. The number of amides is 1. The first kappa shape index (κ1) is 10.9. The molecule has 1 saturated heterocycles. The van der Waals surface area contributed by atoms with Crippen molar-refractivity contribution in [3.05, 3.63) is 0 Å². The van der Waals surface area contributed by atoms with Crippen molar-refractivity contribution in [2.75, 3.05) is 25.2 Å². The molecule has 0 aliphatic carbocycles. The second-order valence-corrected chi connectivity index (χ2v) is 4.91. The van der Waals surface area contributed by atoms with Crippen LogP contribution in [0.25, 0.3) is 0 Å². The molecule has 0 spiro atoms. The predicted octanol–water partition coefficient (Wildman–Crippen LogP) is 0.763. The fourth-order valence-electron chi connectivity index (χ4n) is 1.46. The van der Waals surface area contributed by atoms with E-state index >= 15 is 0 Å². The molecular weight excluding hydrogens is 184 g/mol. The number of thioether (sulfide) groups is 1. The predicted molar refractivity (Wildman–Crippen MR) is 56.7 cm³/mol. The Morgan fingerprint density at radius 1 is 1.69 bits per heavy atom. The molecule has 0 aromatic carbocycles. The molecule has 1 rings (SSSR count). The lowest BCUT2D eigenvalue weighted by Gasteiger charge is -2.22. The Kier molecular flexibility index (Phi) is 4.06. The van der Waals surface area contributed by atoms with Gasteiger partial charge >= 0.3 is 0 Å². The molecule has 13 heavy (non-hydrogen) atoms. The van der Waals surface area contributed by atoms with Gasteiger partial charge in [-0.1, -0.05) is 13.8 Å². The van der Waals surface area contributed by atoms with E-state index in [1.54, 1.807) is 11.8 Å². The third kappa shape index (κ3) is 3.19. The fraction of sp³-hybridized carbons (Fsp3) is 0.889. The summed E-state index contributed by atoms with van der Waals surface area (Å²) in [6.07, 6.45) is 0. The van der Waals surface area contributed by atoms with Crippen LogP contribution in [0.5, 0.6) is 0 Å². The molecule has 76 valence electrons. The second kappa shape index (κ2) is 4.86. The number of rotatable bonds is 3. The van der Waals surface area contributed by atoms with Gasteiger partial charge in [-0.25, -0.2) is 0 Å². The van der Waals surface area contributed by atoms with Gasteiger partial charge in [-0.05, 0) is 5.92 Å². The molecule has 1 atom stereocenters. The zero-order valence-electron chi connectivity index (χ0n) is 8.54. The highest BCUT2D eigenvalue weighted by Crippen LogP contribution is 2.11. The third-order valence-electron chi connectivity index (χ3n) is 2.03. The Hall–Kier alpha value is -0.220. The van der Waals surface area contributed by atoms with Gasteiger partial charge < -0.3 is 4.90 Å². The molecule has 0 radical (unpaired) electrons. The van der Waals surface area contributed by atoms with E-state index in [-0.39, 0.29) is 11.9 Å². The van der Waals surface area contributed by atoms with Crippen LogP contribution in [-0.2, 0) is 4.79 Å². The van der Waals surface area contributed by atoms with Crippen LogP contribution in [0.3, 0.4) is 0 Å². The van der Waals surface area contributed by atoms with Crippen LogP contribution >= 0.6 is 11.8 Å². The van der Waals surface area contributed by atoms with Crippen LogP contribution in [-0.4, -0.2) is 42.1 Å². The quantitative estimate of drug-likeness (QED) is 0.733. The van der Waals surface area contributed by atoms with Gasteiger partial charge in [-0.15, -0.1) is 11.8 Å². The molecule has 0 aromatic rings. The molecule has 0 aromatic heterocycles. The number of nitrogens with one attached hydrogen (secondary N) is 1. The number of carbonyl (C=O) groups is 1. The molecular formula is C9H18N2OS. The number of hydrogen-bond donors (Lipinski definition) is 1. The maximum atomic E-state index is 11.7. The lowest BCUT2D eigenvalue weighted by atomic mass is 10.2. The summed E-state index contributed by atoms with van der Waals surface area (Å²) < 4.78 is 0. The summed E-state index contributed by atoms with van der Waals surface area (Å²) in [5.41, 5.74) is 0. The molecule has 1 amide bonds. The van der Waals surface area contributed by atoms with Gasteiger partial charge in [0.2, 0.25) is 5.91 Å². The zero-order valence-corrected chi connectivity index (χ0v) is 9.36. The van der Waals surface area contributed by atoms with Crippen molar-refractivity contribution in [3.8, 4) is 0 Å². The first-order valence-electron chi connectivity index (χ1n) is 4.67. The van der Waals surface area contributed by atoms with Gasteiger partial charge in [0.1, 0.15) is 0 Å². The summed E-state index contributed by atoms with van der Waals surface area (Å²) in [4.78, 5) is 13.6. The van der Waals surface area contributed by atoms with E-state index in [0.29, 0.717) is 5.92 Å². The first-order chi connectivity index (χ1) is 6.11. The average molecular weight is 202 g/mol. The van der Waals surface area contributed by atoms with E-state index < -0.39 is 0 Å². The number of nitrogens with zero attached hydrogens (tertiary/aromatic N) is 1. The molecule has 3 nitrogen and oxygen atoms in total. The minimum absolute atomic E-state index is 0.0498. The molecule has 1 unspecified atom stereocenters. The van der Waals surface area contributed by atoms with Crippen molar-refractivity contribution in [3.63, 3.8) is 0 Å². The summed E-state index contributed by atoms with van der Waals surface area (Å²) in [5.74, 6) is 2.61. The maximum Gasteiger partial charge on any atom is 0.240 e. The topological polar surface area (TPSA) is 32.3 Å². The van der Waals surface area contributed by atoms with Crippen molar-refractivity contribution in [1.82, 2.24) is 10.2 Å². The lowest BCUT2D eigenvalue weighted by molar-refractivity contribution is -0.131. The van der Waals surface area contributed by atoms with Gasteiger partial charge in [0, 0.05) is 25.2 Å². The van der Waals surface area contributed by atoms with Crippen LogP contribution in [0.15, 0.2) is 0 Å². The van der Waals surface area contributed by atoms with Crippen LogP contribution in [0.4, 0.5) is 0 Å². The van der Waals surface area contributed by atoms with Crippen LogP contribution in [0, 0.1) is 5.92 Å². The van der Waals surface area contributed by atoms with Crippen molar-refractivity contribution in [2.45, 2.75) is 19.9 Å². The Morgan fingerprint density at radius 3 is 2.85 bits per heavy atom. The highest BCUT2D eigenvalue weighted by Gasteiger charge is 2.25. The Labute approximate surface area is 84.2 Å². The number of carbonyl (C=O) groups excluding carboxylic acids is 1. The highest BCUT2D eigenvalue weighted by molar-refractivity contribution is 7.99. The summed E-state index contributed by atoms with van der Waals surface area (Å²) in [7, 11) is 1.88. The Balaban J connectivity index is 2.36. The standard InChI is InChI=1S/C9H18N2OS/c1-7(2)4-11(3)9(12)8-5-13-6-10-8/h7-8,10H,4-6H2,1-3H3. The molecule has 1 aliphatic heterocycles. The summed E-state index contributed by atoms with van der Waals surface area (Å²) in [6.45, 7) is 5.10. The third-order valence-corrected chi connectivity index (χ3v) is 2.97.